The molecule has 4 aliphatic heterocycles. The van der Waals surface area contributed by atoms with Gasteiger partial charge in [0.1, 0.15) is 24.2 Å². The minimum Gasteiger partial charge on any atom is -1.00 e. The summed E-state index contributed by atoms with van der Waals surface area (Å²) < 4.78 is 128. The van der Waals surface area contributed by atoms with Crippen LogP contribution in [0.25, 0.3) is 0 Å². The third kappa shape index (κ3) is 24.6. The molecule has 0 radical (unpaired) electrons. The third-order valence-corrected chi connectivity index (χ3v) is 28.0. The SMILES string of the molecule is COc1cc2c(cc1OC)[C@@H](c1cc(OC)c(OC)c(OC)c1)[N@+](C)(CCCOC(=O)/C(=C/C(=O)[O-])CCC[N@@+]1(C)CCc3cc(OC)c(OC)cc3[C@H]1Cc1cc(OC)c(OC)c(OC)c1)CC2.COc1cc2c(cc1OC)[C@@H](c1cc(OC)c(OC)c(OC)c1)[N@+](C)(CCCOC(=O)/C(=C/C(=O)[O-])CCC[N@@+]1(C)CCc3cc(OC)c(OC)cc3[C@H]1Cc1cc(OC)c(OC)c(OC)c1)CC2.[Cl-].[Cl-]. The monoisotopic (exact) mass is 1980 g/mol. The summed E-state index contributed by atoms with van der Waals surface area (Å²) in [4.78, 5) is 51.8. The van der Waals surface area contributed by atoms with E-state index in [1.807, 2.05) is 84.9 Å². The largest absolute Gasteiger partial charge is 1.00 e. The highest BCUT2D eigenvalue weighted by Crippen LogP contribution is 2.54. The van der Waals surface area contributed by atoms with Crippen LogP contribution in [0.3, 0.4) is 0 Å². The van der Waals surface area contributed by atoms with Crippen LogP contribution < -0.4 is 130 Å². The minimum atomic E-state index is -1.46. The summed E-state index contributed by atoms with van der Waals surface area (Å²) in [6, 6.07) is 31.5. The number of likely N-dealkylation sites (N-methyl/N-ethyl adjacent to an activating group) is 4. The van der Waals surface area contributed by atoms with E-state index in [9.17, 15) is 29.4 Å². The molecule has 0 fully saturated rings. The molecule has 0 bridgehead atoms. The molecule has 4 aliphatic rings. The summed E-state index contributed by atoms with van der Waals surface area (Å²) in [6.07, 6.45) is 8.35. The number of rotatable bonds is 46. The molecule has 0 amide bonds. The first-order valence-corrected chi connectivity index (χ1v) is 46.1. The van der Waals surface area contributed by atoms with Gasteiger partial charge >= 0.3 is 11.9 Å². The molecule has 32 nitrogen and oxygen atoms in total. The van der Waals surface area contributed by atoms with Crippen LogP contribution in [0.1, 0.15) is 129 Å². The van der Waals surface area contributed by atoms with E-state index in [1.54, 1.807) is 142 Å². The normalized spacial score (nSPS) is 19.3. The fourth-order valence-corrected chi connectivity index (χ4v) is 20.8. The highest BCUT2D eigenvalue weighted by atomic mass is 35.5. The second-order valence-electron chi connectivity index (χ2n) is 35.7. The average molecular weight is 1990 g/mol. The average Bonchev–Trinajstić information content (AvgIpc) is 0.744. The number of aliphatic carboxylic acids is 2. The van der Waals surface area contributed by atoms with Gasteiger partial charge in [-0.3, -0.25) is 0 Å². The number of methoxy groups -OCH3 is 20. The summed E-state index contributed by atoms with van der Waals surface area (Å²) >= 11 is 0. The zero-order valence-electron chi connectivity index (χ0n) is 85.2. The molecule has 764 valence electrons. The van der Waals surface area contributed by atoms with E-state index in [-0.39, 0.29) is 86.2 Å². The van der Waals surface area contributed by atoms with E-state index in [2.05, 4.69) is 40.3 Å². The topological polar surface area (TPSA) is 317 Å². The molecular formula is C106H138Cl2N4O28. The van der Waals surface area contributed by atoms with Gasteiger partial charge in [-0.15, -0.1) is 0 Å². The Labute approximate surface area is 835 Å². The van der Waals surface area contributed by atoms with Gasteiger partial charge in [0, 0.05) is 109 Å². The number of nitrogens with zero attached hydrogens (tertiary/aromatic N) is 4. The lowest BCUT2D eigenvalue weighted by molar-refractivity contribution is -0.941. The third-order valence-electron chi connectivity index (χ3n) is 28.0. The molecule has 0 unspecified atom stereocenters. The number of esters is 2. The van der Waals surface area contributed by atoms with Crippen LogP contribution in [0.2, 0.25) is 0 Å². The van der Waals surface area contributed by atoms with Crippen molar-refractivity contribution in [1.82, 2.24) is 0 Å². The standard InChI is InChI=1S/2C53H69N2O14.2ClH/c2*1-54(20-16-34-26-41(59-3)43(61-5)31-38(34)40(54)23-33-24-45(63-7)51(67-11)46(25-33)64-8)18-13-15-36(30-49(56)57)53(58)69-22-14-19-55(2)21-17-35-27-42(60-4)44(62-6)32-39(35)50(55)37-28-47(65-9)52(68-12)48(29-37)66-10;;/h2*24-32,40,50H,13-23H2,1-12H3;2*1H/q2*+1;;/p-2/b2*36-30+;;/t2*40-,50-,54+,55-;;/m11../s1. The van der Waals surface area contributed by atoms with Gasteiger partial charge in [-0.05, 0) is 155 Å². The van der Waals surface area contributed by atoms with E-state index in [0.29, 0.717) is 198 Å². The van der Waals surface area contributed by atoms with Crippen LogP contribution in [0.15, 0.2) is 120 Å². The lowest BCUT2D eigenvalue weighted by atomic mass is 9.85. The first-order chi connectivity index (χ1) is 66.4. The number of halogens is 2. The van der Waals surface area contributed by atoms with Gasteiger partial charge in [-0.2, -0.15) is 0 Å². The fourth-order valence-electron chi connectivity index (χ4n) is 20.8. The molecular weight excluding hydrogens is 1850 g/mol. The zero-order chi connectivity index (χ0) is 100. The van der Waals surface area contributed by atoms with Crippen LogP contribution in [0.5, 0.6) is 115 Å². The summed E-state index contributed by atoms with van der Waals surface area (Å²) in [6.45, 7) is 5.70. The Hall–Kier alpha value is -12.5. The smallest absolute Gasteiger partial charge is 0.334 e. The molecule has 0 spiro atoms. The summed E-state index contributed by atoms with van der Waals surface area (Å²) in [5, 5.41) is 24.1. The van der Waals surface area contributed by atoms with Crippen molar-refractivity contribution in [2.24, 2.45) is 0 Å². The number of hydrogen-bond acceptors (Lipinski definition) is 28. The predicted molar refractivity (Wildman–Crippen MR) is 513 cm³/mol. The summed E-state index contributed by atoms with van der Waals surface area (Å²) in [7, 11) is 40.8. The number of carboxylic acid groups (broad SMARTS) is 2. The van der Waals surface area contributed by atoms with Crippen molar-refractivity contribution >= 4 is 23.9 Å². The quantitative estimate of drug-likeness (QED) is 0.0170. The van der Waals surface area contributed by atoms with Gasteiger partial charge < -0.3 is 167 Å². The maximum atomic E-state index is 13.8. The number of carbonyl (C=O) groups is 4. The number of quaternary nitrogens is 4. The second kappa shape index (κ2) is 50.1. The molecule has 0 saturated carbocycles. The summed E-state index contributed by atoms with van der Waals surface area (Å²) in [5.41, 5.74) is 12.8. The Morgan fingerprint density at radius 1 is 0.286 bits per heavy atom. The van der Waals surface area contributed by atoms with Crippen LogP contribution >= 0.6 is 0 Å². The first-order valence-electron chi connectivity index (χ1n) is 46.1. The van der Waals surface area contributed by atoms with E-state index >= 15 is 0 Å². The number of hydrogen-bond donors (Lipinski definition) is 0. The Morgan fingerprint density at radius 2 is 0.507 bits per heavy atom. The zero-order valence-corrected chi connectivity index (χ0v) is 86.7. The fraction of sp³-hybridized carbons (Fsp3) is 0.472. The molecule has 12 rings (SSSR count). The van der Waals surface area contributed by atoms with Crippen molar-refractivity contribution in [3.63, 3.8) is 0 Å². The van der Waals surface area contributed by atoms with Crippen molar-refractivity contribution < 1.29 is 176 Å². The second-order valence-corrected chi connectivity index (χ2v) is 35.7. The molecule has 0 aliphatic carbocycles. The number of carboxylic acids is 2. The number of fused-ring (bicyclic) bond motifs is 4. The minimum absolute atomic E-state index is 0. The number of ether oxygens (including phenoxy) is 22. The van der Waals surface area contributed by atoms with Crippen molar-refractivity contribution in [1.29, 1.82) is 0 Å². The van der Waals surface area contributed by atoms with Gasteiger partial charge in [0.15, 0.2) is 92.0 Å². The Kier molecular flexibility index (Phi) is 39.8. The lowest BCUT2D eigenvalue weighted by Gasteiger charge is -2.46. The van der Waals surface area contributed by atoms with Gasteiger partial charge in [0.2, 0.25) is 23.0 Å². The van der Waals surface area contributed by atoms with Gasteiger partial charge in [0.05, 0.1) is 248 Å². The van der Waals surface area contributed by atoms with Crippen molar-refractivity contribution in [3.8, 4) is 115 Å². The number of carbonyl (C=O) groups excluding carboxylic acids is 4. The van der Waals surface area contributed by atoms with Crippen LogP contribution in [-0.2, 0) is 67.2 Å². The van der Waals surface area contributed by atoms with Crippen molar-refractivity contribution in [3.05, 3.63) is 187 Å². The summed E-state index contributed by atoms with van der Waals surface area (Å²) in [5.74, 6) is 7.14. The van der Waals surface area contributed by atoms with Crippen molar-refractivity contribution in [2.45, 2.75) is 101 Å². The maximum absolute atomic E-state index is 13.8. The van der Waals surface area contributed by atoms with E-state index in [1.165, 1.54) is 0 Å². The lowest BCUT2D eigenvalue weighted by Crippen LogP contribution is -3.00. The molecule has 8 aromatic rings. The van der Waals surface area contributed by atoms with E-state index < -0.39 is 23.9 Å². The predicted octanol–water partition coefficient (Wildman–Crippen LogP) is 6.49. The van der Waals surface area contributed by atoms with Gasteiger partial charge in [0.25, 0.3) is 0 Å². The van der Waals surface area contributed by atoms with Gasteiger partial charge in [-0.1, -0.05) is 0 Å². The highest BCUT2D eigenvalue weighted by Gasteiger charge is 2.47. The molecule has 140 heavy (non-hydrogen) atoms. The van der Waals surface area contributed by atoms with E-state index in [4.69, 9.17) is 104 Å². The molecule has 4 heterocycles. The van der Waals surface area contributed by atoms with Crippen LogP contribution in [0.4, 0.5) is 0 Å². The maximum Gasteiger partial charge on any atom is 0.334 e. The highest BCUT2D eigenvalue weighted by molar-refractivity contribution is 5.96. The molecule has 8 atom stereocenters. The number of benzene rings is 8. The Balaban J connectivity index is 0.000000309. The molecule has 8 aromatic carbocycles. The van der Waals surface area contributed by atoms with Crippen LogP contribution in [0, 0.1) is 0 Å². The Morgan fingerprint density at radius 3 is 0.750 bits per heavy atom. The van der Waals surface area contributed by atoms with E-state index in [0.717, 1.165) is 131 Å². The Bertz CT molecular complexity index is 5270. The van der Waals surface area contributed by atoms with Crippen LogP contribution in [-0.4, -0.2) is 278 Å². The molecule has 0 N–H and O–H groups in total. The van der Waals surface area contributed by atoms with Crippen molar-refractivity contribution in [2.75, 3.05) is 236 Å². The molecule has 34 heteroatoms. The van der Waals surface area contributed by atoms with Gasteiger partial charge in [-0.25, -0.2) is 9.59 Å². The molecule has 0 saturated heterocycles. The first kappa shape index (κ1) is 111. The molecule has 0 aromatic heterocycles.